The second kappa shape index (κ2) is 5.71. The van der Waals surface area contributed by atoms with Crippen molar-refractivity contribution in [3.8, 4) is 0 Å². The number of rotatable bonds is 3. The Morgan fingerprint density at radius 2 is 1.15 bits per heavy atom. The van der Waals surface area contributed by atoms with E-state index in [4.69, 9.17) is 0 Å². The molecule has 1 nitrogen and oxygen atoms in total. The molecule has 0 spiro atoms. The van der Waals surface area contributed by atoms with Crippen molar-refractivity contribution < 1.29 is 53.4 Å². The molecular weight excluding hydrogens is 405 g/mol. The molecule has 0 saturated heterocycles. The van der Waals surface area contributed by atoms with Crippen LogP contribution in [0.15, 0.2) is 24.3 Å². The zero-order chi connectivity index (χ0) is 21.3. The van der Waals surface area contributed by atoms with E-state index in [0.29, 0.717) is 12.1 Å². The molecule has 1 saturated carbocycles. The first-order chi connectivity index (χ1) is 11.9. The summed E-state index contributed by atoms with van der Waals surface area (Å²) in [6, 6.07) is 3.32. The summed E-state index contributed by atoms with van der Waals surface area (Å²) in [6.07, 6.45) is -3.89. The summed E-state index contributed by atoms with van der Waals surface area (Å²) in [4.78, 5) is 0. The van der Waals surface area contributed by atoms with E-state index in [9.17, 15) is 53.4 Å². The molecule has 1 atom stereocenters. The zero-order valence-corrected chi connectivity index (χ0v) is 13.2. The van der Waals surface area contributed by atoms with Gasteiger partial charge in [-0.3, -0.25) is 0 Å². The predicted octanol–water partition coefficient (Wildman–Crippen LogP) is 5.18. The molecule has 0 radical (unpaired) electrons. The van der Waals surface area contributed by atoms with Crippen LogP contribution >= 0.6 is 0 Å². The summed E-state index contributed by atoms with van der Waals surface area (Å²) in [6.45, 7) is 1.45. The highest BCUT2D eigenvalue weighted by atomic mass is 19.4. The van der Waals surface area contributed by atoms with Crippen molar-refractivity contribution in [2.45, 2.75) is 54.7 Å². The molecule has 0 heterocycles. The van der Waals surface area contributed by atoms with Crippen LogP contribution in [0.3, 0.4) is 0 Å². The van der Waals surface area contributed by atoms with E-state index in [0.717, 1.165) is 6.07 Å². The van der Waals surface area contributed by atoms with Crippen molar-refractivity contribution in [1.82, 2.24) is 0 Å². The number of halogens is 11. The lowest BCUT2D eigenvalue weighted by molar-refractivity contribution is -0.494. The summed E-state index contributed by atoms with van der Waals surface area (Å²) in [7, 11) is 0. The van der Waals surface area contributed by atoms with Gasteiger partial charge in [-0.25, -0.2) is 4.39 Å². The van der Waals surface area contributed by atoms with Gasteiger partial charge in [0.05, 0.1) is 0 Å². The number of aliphatic hydroxyl groups excluding tert-OH is 1. The van der Waals surface area contributed by atoms with Crippen molar-refractivity contribution in [2.75, 3.05) is 0 Å². The Balaban J connectivity index is 2.81. The molecule has 0 aromatic heterocycles. The maximum absolute atomic E-state index is 14.7. The molecule has 1 N–H and O–H groups in total. The fourth-order valence-electron chi connectivity index (χ4n) is 2.80. The quantitative estimate of drug-likeness (QED) is 0.674. The van der Waals surface area contributed by atoms with Gasteiger partial charge in [0.25, 0.3) is 5.67 Å². The number of alkyl halides is 11. The van der Waals surface area contributed by atoms with Crippen LogP contribution in [-0.4, -0.2) is 40.4 Å². The minimum Gasteiger partial charge on any atom is -0.385 e. The average molecular weight is 416 g/mol. The van der Waals surface area contributed by atoms with Gasteiger partial charge in [-0.15, -0.1) is 0 Å². The van der Waals surface area contributed by atoms with Crippen LogP contribution < -0.4 is 0 Å². The molecule has 1 aliphatic rings. The first kappa shape index (κ1) is 21.7. The largest absolute Gasteiger partial charge is 0.385 e. The first-order valence-corrected chi connectivity index (χ1v) is 7.30. The Hall–Kier alpha value is -1.59. The maximum Gasteiger partial charge on any atom is 0.384 e. The second-order valence-corrected chi connectivity index (χ2v) is 6.08. The summed E-state index contributed by atoms with van der Waals surface area (Å²) in [5, 5.41) is 9.68. The number of aryl methyl sites for hydroxylation is 1. The minimum absolute atomic E-state index is 0.0804. The van der Waals surface area contributed by atoms with Gasteiger partial charge in [0, 0.05) is 0 Å². The van der Waals surface area contributed by atoms with Gasteiger partial charge in [0.2, 0.25) is 0 Å². The molecule has 154 valence electrons. The van der Waals surface area contributed by atoms with Gasteiger partial charge < -0.3 is 5.11 Å². The van der Waals surface area contributed by atoms with Crippen LogP contribution in [0.2, 0.25) is 0 Å². The van der Waals surface area contributed by atoms with Gasteiger partial charge in [0.1, 0.15) is 6.10 Å². The summed E-state index contributed by atoms with van der Waals surface area (Å²) >= 11 is 0. The van der Waals surface area contributed by atoms with E-state index in [2.05, 4.69) is 0 Å². The molecule has 0 aliphatic heterocycles. The molecule has 1 fully saturated rings. The third-order valence-corrected chi connectivity index (χ3v) is 4.54. The van der Waals surface area contributed by atoms with Crippen LogP contribution in [0.1, 0.15) is 24.2 Å². The normalized spacial score (nSPS) is 27.7. The molecule has 1 aromatic rings. The third kappa shape index (κ3) is 2.21. The van der Waals surface area contributed by atoms with Crippen molar-refractivity contribution in [1.29, 1.82) is 0 Å². The van der Waals surface area contributed by atoms with E-state index in [-0.39, 0.29) is 12.0 Å². The first-order valence-electron chi connectivity index (χ1n) is 7.30. The Bertz CT molecular complexity index is 698. The number of hydrogen-bond donors (Lipinski definition) is 1. The summed E-state index contributed by atoms with van der Waals surface area (Å²) in [5.74, 6) is -35.9. The minimum atomic E-state index is -7.30. The molecular formula is C15H11F11O. The van der Waals surface area contributed by atoms with Gasteiger partial charge >= 0.3 is 29.6 Å². The lowest BCUT2D eigenvalue weighted by Crippen LogP contribution is -2.84. The number of aliphatic hydroxyl groups is 1. The monoisotopic (exact) mass is 416 g/mol. The lowest BCUT2D eigenvalue weighted by Gasteiger charge is -2.53. The average Bonchev–Trinajstić information content (AvgIpc) is 2.58. The highest BCUT2D eigenvalue weighted by Gasteiger charge is 3.02. The van der Waals surface area contributed by atoms with Gasteiger partial charge in [0.15, 0.2) is 0 Å². The molecule has 1 aliphatic carbocycles. The van der Waals surface area contributed by atoms with E-state index >= 15 is 0 Å². The number of benzene rings is 1. The van der Waals surface area contributed by atoms with Crippen LogP contribution in [0.4, 0.5) is 48.3 Å². The third-order valence-electron chi connectivity index (χ3n) is 4.54. The van der Waals surface area contributed by atoms with Gasteiger partial charge in [-0.1, -0.05) is 31.2 Å². The highest BCUT2D eigenvalue weighted by molar-refractivity contribution is 5.34. The Kier molecular flexibility index (Phi) is 4.59. The highest BCUT2D eigenvalue weighted by Crippen LogP contribution is 2.71. The molecule has 1 unspecified atom stereocenters. The zero-order valence-electron chi connectivity index (χ0n) is 13.2. The Morgan fingerprint density at radius 1 is 0.741 bits per heavy atom. The standard InChI is InChI=1S/C15H11F11O/c1-2-7-4-3-5-8(6-7)9(27)10(16)11(17,18)13(21,22)15(25,26)14(23,24)12(10,19)20/h3-6,9,27H,2H2,1H3. The molecule has 27 heavy (non-hydrogen) atoms. The Labute approximate surface area is 144 Å². The van der Waals surface area contributed by atoms with Crippen molar-refractivity contribution in [3.63, 3.8) is 0 Å². The predicted molar refractivity (Wildman–Crippen MR) is 69.4 cm³/mol. The van der Waals surface area contributed by atoms with Gasteiger partial charge in [-0.05, 0) is 17.5 Å². The van der Waals surface area contributed by atoms with E-state index in [1.54, 1.807) is 0 Å². The Morgan fingerprint density at radius 3 is 1.56 bits per heavy atom. The lowest BCUT2D eigenvalue weighted by atomic mass is 9.68. The van der Waals surface area contributed by atoms with E-state index in [1.807, 2.05) is 0 Å². The van der Waals surface area contributed by atoms with E-state index < -0.39 is 46.9 Å². The molecule has 0 bridgehead atoms. The van der Waals surface area contributed by atoms with Gasteiger partial charge in [-0.2, -0.15) is 43.9 Å². The summed E-state index contributed by atoms with van der Waals surface area (Å²) in [5.41, 5.74) is -7.52. The summed E-state index contributed by atoms with van der Waals surface area (Å²) < 4.78 is 151. The molecule has 1 aromatic carbocycles. The molecule has 12 heteroatoms. The second-order valence-electron chi connectivity index (χ2n) is 6.08. The smallest absolute Gasteiger partial charge is 0.384 e. The maximum atomic E-state index is 14.7. The van der Waals surface area contributed by atoms with Crippen molar-refractivity contribution in [2.24, 2.45) is 0 Å². The van der Waals surface area contributed by atoms with E-state index in [1.165, 1.54) is 13.0 Å². The fourth-order valence-corrected chi connectivity index (χ4v) is 2.80. The topological polar surface area (TPSA) is 20.2 Å². The van der Waals surface area contributed by atoms with Crippen LogP contribution in [0, 0.1) is 0 Å². The van der Waals surface area contributed by atoms with Crippen LogP contribution in [0.25, 0.3) is 0 Å². The van der Waals surface area contributed by atoms with Crippen molar-refractivity contribution in [3.05, 3.63) is 35.4 Å². The van der Waals surface area contributed by atoms with Crippen LogP contribution in [-0.2, 0) is 6.42 Å². The van der Waals surface area contributed by atoms with Crippen molar-refractivity contribution >= 4 is 0 Å². The number of hydrogen-bond acceptors (Lipinski definition) is 1. The fraction of sp³-hybridized carbons (Fsp3) is 0.600. The SMILES string of the molecule is CCc1cccc(C(O)C2(F)C(F)(F)C(F)(F)C(F)(F)C(F)(F)C2(F)F)c1. The molecule has 0 amide bonds. The molecule has 2 rings (SSSR count). The van der Waals surface area contributed by atoms with Crippen LogP contribution in [0.5, 0.6) is 0 Å².